The molecule has 4 heteroatoms. The molecule has 2 nitrogen and oxygen atoms in total. The van der Waals surface area contributed by atoms with E-state index in [1.807, 2.05) is 18.7 Å². The van der Waals surface area contributed by atoms with Crippen LogP contribution in [-0.2, 0) is 11.2 Å². The first kappa shape index (κ1) is 18.3. The Morgan fingerprint density at radius 1 is 1.35 bits per heavy atom. The summed E-state index contributed by atoms with van der Waals surface area (Å²) in [5, 5.41) is 0.484. The first-order valence-corrected chi connectivity index (χ1v) is 8.86. The summed E-state index contributed by atoms with van der Waals surface area (Å²) in [4.78, 5) is 14.4. The number of hydrogen-bond acceptors (Lipinski definition) is 1. The third-order valence-corrected chi connectivity index (χ3v) is 5.55. The van der Waals surface area contributed by atoms with Crippen molar-refractivity contribution < 1.29 is 9.18 Å². The van der Waals surface area contributed by atoms with Crippen LogP contribution in [0, 0.1) is 23.1 Å². The van der Waals surface area contributed by atoms with Crippen LogP contribution >= 0.6 is 11.6 Å². The average Bonchev–Trinajstić information content (AvgIpc) is 2.49. The predicted octanol–water partition coefficient (Wildman–Crippen LogP) is 4.94. The van der Waals surface area contributed by atoms with Crippen LogP contribution in [0.3, 0.4) is 0 Å². The zero-order valence-corrected chi connectivity index (χ0v) is 15.3. The van der Waals surface area contributed by atoms with Crippen LogP contribution in [0.15, 0.2) is 18.2 Å². The maximum atomic E-state index is 13.3. The van der Waals surface area contributed by atoms with E-state index in [0.717, 1.165) is 37.9 Å². The second-order valence-electron chi connectivity index (χ2n) is 7.45. The van der Waals surface area contributed by atoms with Crippen molar-refractivity contribution in [3.05, 3.63) is 34.6 Å². The smallest absolute Gasteiger partial charge is 0.225 e. The summed E-state index contributed by atoms with van der Waals surface area (Å²) in [7, 11) is 0. The van der Waals surface area contributed by atoms with Gasteiger partial charge in [-0.25, -0.2) is 4.39 Å². The fourth-order valence-corrected chi connectivity index (χ4v) is 3.81. The fourth-order valence-electron chi connectivity index (χ4n) is 3.58. The number of carbonyl (C=O) groups excluding carboxylic acids is 1. The Hall–Kier alpha value is -1.09. The van der Waals surface area contributed by atoms with Crippen LogP contribution in [0.4, 0.5) is 4.39 Å². The first-order valence-electron chi connectivity index (χ1n) is 8.48. The van der Waals surface area contributed by atoms with E-state index in [1.165, 1.54) is 12.1 Å². The van der Waals surface area contributed by atoms with Crippen LogP contribution < -0.4 is 0 Å². The van der Waals surface area contributed by atoms with Gasteiger partial charge in [0.05, 0.1) is 0 Å². The molecule has 1 heterocycles. The van der Waals surface area contributed by atoms with Crippen LogP contribution in [0.1, 0.15) is 46.1 Å². The molecule has 1 atom stereocenters. The molecule has 0 aliphatic carbocycles. The molecule has 0 aromatic heterocycles. The number of amides is 1. The molecule has 0 saturated carbocycles. The average molecular weight is 340 g/mol. The highest BCUT2D eigenvalue weighted by atomic mass is 35.5. The molecular weight excluding hydrogens is 313 g/mol. The summed E-state index contributed by atoms with van der Waals surface area (Å²) in [6, 6.07) is 4.63. The number of benzene rings is 1. The van der Waals surface area contributed by atoms with Gasteiger partial charge >= 0.3 is 0 Å². The van der Waals surface area contributed by atoms with Gasteiger partial charge in [0.2, 0.25) is 5.91 Å². The molecule has 0 N–H and O–H groups in total. The lowest BCUT2D eigenvalue weighted by atomic mass is 9.67. The van der Waals surface area contributed by atoms with E-state index < -0.39 is 0 Å². The van der Waals surface area contributed by atoms with E-state index in [9.17, 15) is 9.18 Å². The Labute approximate surface area is 144 Å². The van der Waals surface area contributed by atoms with Gasteiger partial charge < -0.3 is 4.90 Å². The lowest BCUT2D eigenvalue weighted by molar-refractivity contribution is -0.139. The maximum absolute atomic E-state index is 13.3. The summed E-state index contributed by atoms with van der Waals surface area (Å²) >= 11 is 6.24. The number of likely N-dealkylation sites (tertiary alicyclic amines) is 1. The van der Waals surface area contributed by atoms with Crippen LogP contribution in [0.5, 0.6) is 0 Å². The molecule has 1 aliphatic rings. The molecule has 2 rings (SSSR count). The van der Waals surface area contributed by atoms with Gasteiger partial charge in [0.15, 0.2) is 0 Å². The minimum atomic E-state index is -0.308. The lowest BCUT2D eigenvalue weighted by Gasteiger charge is -2.46. The van der Waals surface area contributed by atoms with Gasteiger partial charge in [0, 0.05) is 24.0 Å². The number of hydrogen-bond donors (Lipinski definition) is 0. The van der Waals surface area contributed by atoms with Gasteiger partial charge in [0.25, 0.3) is 0 Å². The highest BCUT2D eigenvalue weighted by Gasteiger charge is 2.40. The molecule has 1 aromatic rings. The van der Waals surface area contributed by atoms with Crippen LogP contribution in [0.25, 0.3) is 0 Å². The van der Waals surface area contributed by atoms with Crippen LogP contribution in [-0.4, -0.2) is 23.9 Å². The SMILES string of the molecule is CC(C)C(=O)N1CCC[C@@](Cc2ccc(F)cc2Cl)(C(C)C)C1. The standard InChI is InChI=1S/C19H27ClFNO/c1-13(2)18(23)22-9-5-8-19(12-22,14(3)4)11-15-6-7-16(21)10-17(15)20/h6-7,10,13-14H,5,8-9,11-12H2,1-4H3/t19-/m0/s1. The Morgan fingerprint density at radius 2 is 2.04 bits per heavy atom. The van der Waals surface area contributed by atoms with Gasteiger partial charge in [-0.1, -0.05) is 45.4 Å². The van der Waals surface area contributed by atoms with Gasteiger partial charge in [-0.05, 0) is 48.3 Å². The summed E-state index contributed by atoms with van der Waals surface area (Å²) in [5.41, 5.74) is 0.977. The Bertz CT molecular complexity index is 572. The van der Waals surface area contributed by atoms with Crippen molar-refractivity contribution in [3.8, 4) is 0 Å². The Kier molecular flexibility index (Phi) is 5.72. The number of halogens is 2. The molecule has 23 heavy (non-hydrogen) atoms. The van der Waals surface area contributed by atoms with Crippen molar-refractivity contribution in [2.75, 3.05) is 13.1 Å². The van der Waals surface area contributed by atoms with Crippen molar-refractivity contribution in [2.45, 2.75) is 47.0 Å². The molecule has 0 bridgehead atoms. The van der Waals surface area contributed by atoms with Crippen LogP contribution in [0.2, 0.25) is 5.02 Å². The molecule has 1 aliphatic heterocycles. The normalized spacial score (nSPS) is 22.0. The van der Waals surface area contributed by atoms with Crippen molar-refractivity contribution in [1.29, 1.82) is 0 Å². The number of nitrogens with zero attached hydrogens (tertiary/aromatic N) is 1. The van der Waals surface area contributed by atoms with Gasteiger partial charge in [0.1, 0.15) is 5.82 Å². The fraction of sp³-hybridized carbons (Fsp3) is 0.632. The molecule has 0 unspecified atom stereocenters. The molecule has 1 amide bonds. The zero-order valence-electron chi connectivity index (χ0n) is 14.5. The third kappa shape index (κ3) is 4.06. The monoisotopic (exact) mass is 339 g/mol. The Morgan fingerprint density at radius 3 is 2.61 bits per heavy atom. The van der Waals surface area contributed by atoms with E-state index >= 15 is 0 Å². The van der Waals surface area contributed by atoms with Crippen molar-refractivity contribution in [2.24, 2.45) is 17.3 Å². The van der Waals surface area contributed by atoms with E-state index in [1.54, 1.807) is 6.07 Å². The van der Waals surface area contributed by atoms with E-state index in [2.05, 4.69) is 13.8 Å². The Balaban J connectivity index is 2.26. The highest BCUT2D eigenvalue weighted by Crippen LogP contribution is 2.41. The number of carbonyl (C=O) groups is 1. The van der Waals surface area contributed by atoms with E-state index in [-0.39, 0.29) is 23.1 Å². The van der Waals surface area contributed by atoms with Gasteiger partial charge in [-0.2, -0.15) is 0 Å². The molecule has 1 aromatic carbocycles. The predicted molar refractivity (Wildman–Crippen MR) is 93.0 cm³/mol. The number of piperidine rings is 1. The van der Waals surface area contributed by atoms with Gasteiger partial charge in [-0.3, -0.25) is 4.79 Å². The van der Waals surface area contributed by atoms with E-state index in [4.69, 9.17) is 11.6 Å². The molecule has 128 valence electrons. The minimum absolute atomic E-state index is 0.00424. The second kappa shape index (κ2) is 7.21. The summed E-state index contributed by atoms with van der Waals surface area (Å²) in [5.74, 6) is 0.358. The molecule has 0 radical (unpaired) electrons. The zero-order chi connectivity index (χ0) is 17.2. The lowest BCUT2D eigenvalue weighted by Crippen LogP contribution is -2.50. The quantitative estimate of drug-likeness (QED) is 0.760. The topological polar surface area (TPSA) is 20.3 Å². The minimum Gasteiger partial charge on any atom is -0.342 e. The van der Waals surface area contributed by atoms with E-state index in [0.29, 0.717) is 10.9 Å². The summed E-state index contributed by atoms with van der Waals surface area (Å²) < 4.78 is 13.3. The van der Waals surface area contributed by atoms with Gasteiger partial charge in [-0.15, -0.1) is 0 Å². The second-order valence-corrected chi connectivity index (χ2v) is 7.85. The van der Waals surface area contributed by atoms with Crippen molar-refractivity contribution in [3.63, 3.8) is 0 Å². The first-order chi connectivity index (χ1) is 10.7. The van der Waals surface area contributed by atoms with Crippen molar-refractivity contribution in [1.82, 2.24) is 4.90 Å². The molecule has 0 spiro atoms. The molecular formula is C19H27ClFNO. The third-order valence-electron chi connectivity index (χ3n) is 5.20. The molecule has 1 fully saturated rings. The summed E-state index contributed by atoms with van der Waals surface area (Å²) in [6.45, 7) is 9.91. The number of rotatable bonds is 4. The largest absolute Gasteiger partial charge is 0.342 e. The maximum Gasteiger partial charge on any atom is 0.225 e. The highest BCUT2D eigenvalue weighted by molar-refractivity contribution is 6.31. The van der Waals surface area contributed by atoms with Crippen molar-refractivity contribution >= 4 is 17.5 Å². The summed E-state index contributed by atoms with van der Waals surface area (Å²) in [6.07, 6.45) is 2.86. The molecule has 1 saturated heterocycles.